The second-order valence-corrected chi connectivity index (χ2v) is 6.24. The van der Waals surface area contributed by atoms with Crippen LogP contribution in [-0.2, 0) is 9.53 Å². The van der Waals surface area contributed by atoms with E-state index in [4.69, 9.17) is 10.5 Å². The van der Waals surface area contributed by atoms with E-state index in [0.717, 1.165) is 0 Å². The highest BCUT2D eigenvalue weighted by Gasteiger charge is 2.38. The summed E-state index contributed by atoms with van der Waals surface area (Å²) >= 11 is 0. The molecule has 2 aliphatic heterocycles. The number of nitrogens with one attached hydrogen (secondary N) is 1. The Labute approximate surface area is 158 Å². The van der Waals surface area contributed by atoms with Crippen molar-refractivity contribution in [1.29, 1.82) is 0 Å². The van der Waals surface area contributed by atoms with Crippen molar-refractivity contribution in [3.8, 4) is 0 Å². The summed E-state index contributed by atoms with van der Waals surface area (Å²) in [5.41, 5.74) is 5.21. The minimum absolute atomic E-state index is 0. The van der Waals surface area contributed by atoms with Crippen molar-refractivity contribution in [2.24, 2.45) is 5.73 Å². The number of anilines is 1. The van der Waals surface area contributed by atoms with Gasteiger partial charge in [-0.15, -0.1) is 24.8 Å². The van der Waals surface area contributed by atoms with E-state index in [1.165, 1.54) is 18.2 Å². The van der Waals surface area contributed by atoms with Crippen molar-refractivity contribution in [3.63, 3.8) is 0 Å². The van der Waals surface area contributed by atoms with Gasteiger partial charge in [0.15, 0.2) is 0 Å². The lowest BCUT2D eigenvalue weighted by Crippen LogP contribution is -2.59. The van der Waals surface area contributed by atoms with Crippen molar-refractivity contribution >= 4 is 36.4 Å². The molecule has 5 nitrogen and oxygen atoms in total. The number of hydrogen-bond acceptors (Lipinski definition) is 4. The number of nitrogens with two attached hydrogens (primary N) is 1. The fraction of sp³-hybridized carbons (Fsp3) is 0.562. The van der Waals surface area contributed by atoms with Crippen LogP contribution in [0, 0.1) is 11.6 Å². The Bertz CT molecular complexity index is 580. The van der Waals surface area contributed by atoms with E-state index in [1.807, 2.05) is 0 Å². The molecular formula is C16H23Cl2F2N3O2. The van der Waals surface area contributed by atoms with Gasteiger partial charge in [-0.25, -0.2) is 8.78 Å². The van der Waals surface area contributed by atoms with Crippen LogP contribution in [0.2, 0.25) is 0 Å². The average Bonchev–Trinajstić information content (AvgIpc) is 2.96. The molecule has 1 aromatic rings. The molecule has 2 heterocycles. The third kappa shape index (κ3) is 4.73. The first kappa shape index (κ1) is 21.9. The van der Waals surface area contributed by atoms with Crippen LogP contribution in [0.25, 0.3) is 0 Å². The lowest BCUT2D eigenvalue weighted by Gasteiger charge is -2.33. The molecule has 0 bridgehead atoms. The normalized spacial score (nSPS) is 21.9. The second kappa shape index (κ2) is 8.98. The smallest absolute Gasteiger partial charge is 0.240 e. The fourth-order valence-corrected chi connectivity index (χ4v) is 3.16. The van der Waals surface area contributed by atoms with Crippen molar-refractivity contribution in [2.75, 3.05) is 31.2 Å². The molecule has 25 heavy (non-hydrogen) atoms. The molecule has 0 saturated carbocycles. The van der Waals surface area contributed by atoms with Gasteiger partial charge in [0.1, 0.15) is 17.3 Å². The van der Waals surface area contributed by atoms with Crippen LogP contribution < -0.4 is 16.0 Å². The van der Waals surface area contributed by atoms with Crippen molar-refractivity contribution in [1.82, 2.24) is 5.32 Å². The highest BCUT2D eigenvalue weighted by atomic mass is 35.5. The first-order valence-corrected chi connectivity index (χ1v) is 7.86. The fourth-order valence-electron chi connectivity index (χ4n) is 3.16. The lowest BCUT2D eigenvalue weighted by molar-refractivity contribution is -0.130. The predicted molar refractivity (Wildman–Crippen MR) is 96.6 cm³/mol. The molecule has 2 saturated heterocycles. The zero-order valence-corrected chi connectivity index (χ0v) is 15.3. The van der Waals surface area contributed by atoms with Gasteiger partial charge in [-0.2, -0.15) is 0 Å². The molecular weight excluding hydrogens is 375 g/mol. The number of rotatable bonds is 3. The monoisotopic (exact) mass is 397 g/mol. The van der Waals surface area contributed by atoms with Crippen molar-refractivity contribution in [2.45, 2.75) is 30.8 Å². The van der Waals surface area contributed by atoms with Gasteiger partial charge in [0, 0.05) is 32.3 Å². The number of nitrogens with zero attached hydrogens (tertiary/aromatic N) is 1. The molecule has 1 aromatic carbocycles. The Morgan fingerprint density at radius 3 is 2.44 bits per heavy atom. The van der Waals surface area contributed by atoms with E-state index < -0.39 is 17.2 Å². The number of carbonyl (C=O) groups is 1. The highest BCUT2D eigenvalue weighted by Crippen LogP contribution is 2.27. The molecule has 1 atom stereocenters. The zero-order chi connectivity index (χ0) is 16.4. The third-order valence-electron chi connectivity index (χ3n) is 4.61. The van der Waals surface area contributed by atoms with Crippen LogP contribution in [0.1, 0.15) is 19.3 Å². The van der Waals surface area contributed by atoms with Crippen molar-refractivity contribution < 1.29 is 18.3 Å². The van der Waals surface area contributed by atoms with E-state index in [2.05, 4.69) is 5.32 Å². The first-order chi connectivity index (χ1) is 11.0. The van der Waals surface area contributed by atoms with Crippen LogP contribution in [0.4, 0.5) is 14.5 Å². The quantitative estimate of drug-likeness (QED) is 0.818. The number of amides is 1. The van der Waals surface area contributed by atoms with Crippen LogP contribution in [0.15, 0.2) is 18.2 Å². The molecule has 9 heteroatoms. The predicted octanol–water partition coefficient (Wildman–Crippen LogP) is 2.01. The maximum absolute atomic E-state index is 13.8. The minimum atomic E-state index is -0.908. The van der Waals surface area contributed by atoms with Gasteiger partial charge in [0.25, 0.3) is 0 Å². The second-order valence-electron chi connectivity index (χ2n) is 6.24. The minimum Gasteiger partial charge on any atom is -0.381 e. The summed E-state index contributed by atoms with van der Waals surface area (Å²) in [6, 6.07) is 3.65. The number of ether oxygens (including phenoxy) is 1. The molecule has 1 unspecified atom stereocenters. The molecule has 2 fully saturated rings. The number of hydrogen-bond donors (Lipinski definition) is 2. The lowest BCUT2D eigenvalue weighted by atomic mass is 9.90. The van der Waals surface area contributed by atoms with Crippen LogP contribution in [0.5, 0.6) is 0 Å². The summed E-state index contributed by atoms with van der Waals surface area (Å²) in [5.74, 6) is -1.38. The molecule has 0 radical (unpaired) electrons. The van der Waals surface area contributed by atoms with E-state index in [1.54, 1.807) is 4.90 Å². The maximum Gasteiger partial charge on any atom is 0.240 e. The average molecular weight is 398 g/mol. The van der Waals surface area contributed by atoms with Crippen LogP contribution >= 0.6 is 24.8 Å². The Kier molecular flexibility index (Phi) is 7.87. The third-order valence-corrected chi connectivity index (χ3v) is 4.61. The molecule has 1 amide bonds. The van der Waals surface area contributed by atoms with Gasteiger partial charge in [0.05, 0.1) is 5.54 Å². The number of carbonyl (C=O) groups excluding carboxylic acids is 1. The number of halogens is 4. The summed E-state index contributed by atoms with van der Waals surface area (Å²) in [6.45, 7) is 1.81. The summed E-state index contributed by atoms with van der Waals surface area (Å²) in [4.78, 5) is 14.0. The molecule has 0 aliphatic carbocycles. The Morgan fingerprint density at radius 2 is 1.84 bits per heavy atom. The van der Waals surface area contributed by atoms with Gasteiger partial charge in [0.2, 0.25) is 5.91 Å². The van der Waals surface area contributed by atoms with Gasteiger partial charge < -0.3 is 20.7 Å². The van der Waals surface area contributed by atoms with Crippen LogP contribution in [0.3, 0.4) is 0 Å². The summed E-state index contributed by atoms with van der Waals surface area (Å²) in [5, 5.41) is 2.92. The van der Waals surface area contributed by atoms with E-state index in [9.17, 15) is 13.6 Å². The van der Waals surface area contributed by atoms with Gasteiger partial charge in [-0.05, 0) is 31.4 Å². The standard InChI is InChI=1S/C16H21F2N3O2.2ClH/c17-12-2-1-3-13(18)14(12)21-7-4-11(10-21)20-15(22)16(19)5-8-23-9-6-16;;/h1-3,11H,4-10,19H2,(H,20,22);2*1H. The molecule has 142 valence electrons. The molecule has 0 aromatic heterocycles. The number of benzene rings is 1. The molecule has 0 spiro atoms. The summed E-state index contributed by atoms with van der Waals surface area (Å²) in [7, 11) is 0. The summed E-state index contributed by atoms with van der Waals surface area (Å²) < 4.78 is 32.9. The van der Waals surface area contributed by atoms with Crippen LogP contribution in [-0.4, -0.2) is 43.8 Å². The first-order valence-electron chi connectivity index (χ1n) is 7.86. The Balaban J connectivity index is 0.00000156. The largest absolute Gasteiger partial charge is 0.381 e. The maximum atomic E-state index is 13.8. The van der Waals surface area contributed by atoms with Gasteiger partial charge >= 0.3 is 0 Å². The Hall–Kier alpha value is -1.15. The highest BCUT2D eigenvalue weighted by molar-refractivity contribution is 5.86. The Morgan fingerprint density at radius 1 is 1.24 bits per heavy atom. The van der Waals surface area contributed by atoms with Gasteiger partial charge in [-0.1, -0.05) is 6.07 Å². The van der Waals surface area contributed by atoms with Crippen molar-refractivity contribution in [3.05, 3.63) is 29.8 Å². The topological polar surface area (TPSA) is 67.6 Å². The number of para-hydroxylation sites is 1. The van der Waals surface area contributed by atoms with E-state index in [0.29, 0.717) is 45.6 Å². The summed E-state index contributed by atoms with van der Waals surface area (Å²) in [6.07, 6.45) is 1.60. The molecule has 3 N–H and O–H groups in total. The van der Waals surface area contributed by atoms with E-state index in [-0.39, 0.29) is 42.5 Å². The molecule has 3 rings (SSSR count). The zero-order valence-electron chi connectivity index (χ0n) is 13.7. The van der Waals surface area contributed by atoms with E-state index >= 15 is 0 Å². The SMILES string of the molecule is Cl.Cl.NC1(C(=O)NC2CCN(c3c(F)cccc3F)C2)CCOCC1. The molecule has 2 aliphatic rings. The van der Waals surface area contributed by atoms with Gasteiger partial charge in [-0.3, -0.25) is 4.79 Å².